The number of amides is 7. The predicted molar refractivity (Wildman–Crippen MR) is 397 cm³/mol. The number of nitrogens with one attached hydrogen (secondary N) is 4. The van der Waals surface area contributed by atoms with E-state index in [-0.39, 0.29) is 120 Å². The molecule has 103 heavy (non-hydrogen) atoms. The van der Waals surface area contributed by atoms with Gasteiger partial charge in [-0.05, 0) is 159 Å². The van der Waals surface area contributed by atoms with Crippen LogP contribution in [0.5, 0.6) is 0 Å². The van der Waals surface area contributed by atoms with Gasteiger partial charge in [0.2, 0.25) is 35.4 Å². The molecule has 7 amide bonds. The maximum atomic E-state index is 14.6. The summed E-state index contributed by atoms with van der Waals surface area (Å²) in [5, 5.41) is 16.2. The first-order valence-electron chi connectivity index (χ1n) is 37.3. The molecule has 1 aliphatic heterocycles. The summed E-state index contributed by atoms with van der Waals surface area (Å²) in [5.74, 6) is -1.27. The Morgan fingerprint density at radius 2 is 1.05 bits per heavy atom. The summed E-state index contributed by atoms with van der Waals surface area (Å²) in [6, 6.07) is 22.0. The average molecular weight is 1450 g/mol. The Kier molecular flexibility index (Phi) is 33.2. The molecular formula is C78H111FN10O13S. The van der Waals surface area contributed by atoms with Crippen molar-refractivity contribution in [2.24, 2.45) is 5.11 Å². The van der Waals surface area contributed by atoms with Gasteiger partial charge in [0, 0.05) is 106 Å². The largest absolute Gasteiger partial charge is 0.444 e. The number of halogens is 1. The number of ether oxygens (including phenoxy) is 4. The normalized spacial score (nSPS) is 16.4. The van der Waals surface area contributed by atoms with Crippen LogP contribution >= 0.6 is 0 Å². The zero-order valence-corrected chi connectivity index (χ0v) is 62.6. The molecule has 564 valence electrons. The van der Waals surface area contributed by atoms with Crippen LogP contribution in [0.15, 0.2) is 88.9 Å². The highest BCUT2D eigenvalue weighted by Gasteiger charge is 2.52. The first-order chi connectivity index (χ1) is 49.5. The van der Waals surface area contributed by atoms with Crippen molar-refractivity contribution in [3.05, 3.63) is 128 Å². The van der Waals surface area contributed by atoms with E-state index in [0.29, 0.717) is 67.8 Å². The van der Waals surface area contributed by atoms with Crippen molar-refractivity contribution in [3.63, 3.8) is 0 Å². The number of likely N-dealkylation sites (N-methyl/N-ethyl adjacent to an activating group) is 2. The lowest BCUT2D eigenvalue weighted by Gasteiger charge is -2.51. The van der Waals surface area contributed by atoms with Gasteiger partial charge in [-0.15, -0.1) is 3.89 Å². The van der Waals surface area contributed by atoms with Crippen LogP contribution in [-0.2, 0) is 69.8 Å². The molecule has 2 bridgehead atoms. The van der Waals surface area contributed by atoms with Crippen molar-refractivity contribution < 1.29 is 64.8 Å². The fourth-order valence-electron chi connectivity index (χ4n) is 14.0. The second kappa shape index (κ2) is 41.5. The standard InChI is InChI=1S/C78H111FN10O13S/c1-8-10-12-14-17-21-25-69(90)82-57-31-36-62-65(51-57)78(41-40-72(93)87(6)43-45-99-47-49-101-50-48-100-46-44-88(7)75(95)68-54-60(85-86-80)55-89(68)73(94)39-30-56-28-34-61(35-29-56)103(79,97)98)66-52-58(83-70(91)26-22-18-15-13-11-9-2)32-37-63(66)74(62)64-38-33-59(53-67(64)78)84-71(92)27-23-19-16-20-24-42-81-76(96)102-77(3,4)5/h28-29,31-38,51-53,60,68,74H,8-27,30,39-50,54-55H2,1-7H3,(H,81,96)(H,82,90)(H,83,91)(H,84,92)/t60-,68?,74?,78?/m0/s1. The number of alkyl carbamates (subject to hydrolysis) is 1. The van der Waals surface area contributed by atoms with Gasteiger partial charge < -0.3 is 54.9 Å². The predicted octanol–water partition coefficient (Wildman–Crippen LogP) is 14.3. The number of carbonyl (C=O) groups excluding carboxylic acids is 7. The van der Waals surface area contributed by atoms with Crippen molar-refractivity contribution in [1.82, 2.24) is 20.0 Å². The van der Waals surface area contributed by atoms with Crippen molar-refractivity contribution in [2.75, 3.05) is 95.9 Å². The van der Waals surface area contributed by atoms with E-state index >= 15 is 0 Å². The Hall–Kier alpha value is -7.96. The minimum atomic E-state index is -4.87. The summed E-state index contributed by atoms with van der Waals surface area (Å²) in [4.78, 5) is 102. The van der Waals surface area contributed by atoms with E-state index in [1.807, 2.05) is 39.0 Å². The Bertz CT molecular complexity index is 3560. The fourth-order valence-corrected chi connectivity index (χ4v) is 14.4. The molecule has 0 radical (unpaired) electrons. The van der Waals surface area contributed by atoms with Gasteiger partial charge in [0.25, 0.3) is 0 Å². The van der Waals surface area contributed by atoms with Crippen LogP contribution < -0.4 is 21.3 Å². The van der Waals surface area contributed by atoms with Crippen molar-refractivity contribution >= 4 is 68.8 Å². The zero-order chi connectivity index (χ0) is 74.4. The molecule has 8 rings (SSSR count). The summed E-state index contributed by atoms with van der Waals surface area (Å²) in [6.45, 7) is 12.3. The van der Waals surface area contributed by atoms with Crippen LogP contribution in [0.2, 0.25) is 0 Å². The summed E-state index contributed by atoms with van der Waals surface area (Å²) >= 11 is 0. The Morgan fingerprint density at radius 1 is 0.602 bits per heavy atom. The number of nitrogens with zero attached hydrogens (tertiary/aromatic N) is 6. The molecule has 4 aromatic carbocycles. The maximum absolute atomic E-state index is 14.6. The number of carbonyl (C=O) groups is 7. The highest BCUT2D eigenvalue weighted by molar-refractivity contribution is 7.86. The van der Waals surface area contributed by atoms with Crippen molar-refractivity contribution in [3.8, 4) is 0 Å². The van der Waals surface area contributed by atoms with Crippen LogP contribution in [0.25, 0.3) is 10.4 Å². The van der Waals surface area contributed by atoms with Gasteiger partial charge in [-0.3, -0.25) is 28.8 Å². The Labute approximate surface area is 609 Å². The number of azide groups is 1. The highest BCUT2D eigenvalue weighted by Crippen LogP contribution is 2.62. The van der Waals surface area contributed by atoms with Crippen LogP contribution in [-0.4, -0.2) is 162 Å². The molecule has 3 aliphatic carbocycles. The molecule has 1 heterocycles. The minimum Gasteiger partial charge on any atom is -0.444 e. The first kappa shape index (κ1) is 82.3. The third kappa shape index (κ3) is 25.4. The average Bonchev–Trinajstić information content (AvgIpc) is 0.890. The fraction of sp³-hybridized carbons (Fsp3) is 0.603. The Morgan fingerprint density at radius 3 is 1.50 bits per heavy atom. The number of anilines is 3. The van der Waals surface area contributed by atoms with Gasteiger partial charge in [0.15, 0.2) is 0 Å². The number of rotatable bonds is 46. The topological polar surface area (TPSA) is 297 Å². The number of aryl methyl sites for hydroxylation is 1. The monoisotopic (exact) mass is 1450 g/mol. The maximum Gasteiger partial charge on any atom is 0.407 e. The minimum absolute atomic E-state index is 0.0124. The molecule has 2 atom stereocenters. The second-order valence-corrected chi connectivity index (χ2v) is 29.9. The smallest absolute Gasteiger partial charge is 0.407 e. The molecular weight excluding hydrogens is 1340 g/mol. The van der Waals surface area contributed by atoms with Gasteiger partial charge in [0.05, 0.1) is 50.6 Å². The van der Waals surface area contributed by atoms with Crippen molar-refractivity contribution in [1.29, 1.82) is 0 Å². The van der Waals surface area contributed by atoms with E-state index in [0.717, 1.165) is 135 Å². The van der Waals surface area contributed by atoms with Crippen LogP contribution in [0.4, 0.5) is 25.7 Å². The van der Waals surface area contributed by atoms with Gasteiger partial charge in [-0.1, -0.05) is 133 Å². The third-order valence-electron chi connectivity index (χ3n) is 19.4. The summed E-state index contributed by atoms with van der Waals surface area (Å²) in [5.41, 5.74) is 16.1. The molecule has 1 saturated heterocycles. The summed E-state index contributed by atoms with van der Waals surface area (Å²) in [7, 11) is -1.51. The summed E-state index contributed by atoms with van der Waals surface area (Å²) in [6.07, 6.45) is 18.3. The molecule has 25 heteroatoms. The first-order valence-corrected chi connectivity index (χ1v) is 38.7. The lowest BCUT2D eigenvalue weighted by molar-refractivity contribution is -0.143. The number of hydrogen-bond acceptors (Lipinski definition) is 14. The van der Waals surface area contributed by atoms with Crippen LogP contribution in [0.1, 0.15) is 234 Å². The van der Waals surface area contributed by atoms with E-state index in [2.05, 4.69) is 81.5 Å². The van der Waals surface area contributed by atoms with E-state index in [1.54, 1.807) is 19.0 Å². The van der Waals surface area contributed by atoms with Crippen LogP contribution in [0.3, 0.4) is 0 Å². The van der Waals surface area contributed by atoms with Crippen LogP contribution in [0, 0.1) is 0 Å². The lowest BCUT2D eigenvalue weighted by atomic mass is 9.51. The molecule has 4 aliphatic rings. The van der Waals surface area contributed by atoms with Gasteiger partial charge in [-0.2, -0.15) is 8.42 Å². The molecule has 4 aromatic rings. The van der Waals surface area contributed by atoms with Gasteiger partial charge in [0.1, 0.15) is 11.6 Å². The number of benzene rings is 4. The second-order valence-electron chi connectivity index (χ2n) is 28.5. The zero-order valence-electron chi connectivity index (χ0n) is 61.8. The SMILES string of the molecule is CCCCCCCCC(=O)Nc1ccc2c(c1)C1(CCC(=O)N(C)CCOCCOCCOCCN(C)C(=O)C3C[C@H](N=[N+]=[N-])CN3C(=O)CCc3ccc(S(=O)(=O)F)cc3)c3cc(NC(=O)CCCCCCCC)ccc3C2c2ccc(NC(=O)CCCCCCCNC(=O)OC(C)(C)C)cc21. The molecule has 1 fully saturated rings. The Balaban J connectivity index is 0.970. The molecule has 0 aromatic heterocycles. The van der Waals surface area contributed by atoms with Crippen molar-refractivity contribution in [2.45, 2.75) is 229 Å². The van der Waals surface area contributed by atoms with E-state index in [9.17, 15) is 45.9 Å². The molecule has 4 N–H and O–H groups in total. The molecule has 23 nitrogen and oxygen atoms in total. The summed E-state index contributed by atoms with van der Waals surface area (Å²) < 4.78 is 58.7. The van der Waals surface area contributed by atoms with Gasteiger partial charge in [-0.25, -0.2) is 4.79 Å². The number of likely N-dealkylation sites (tertiary alicyclic amines) is 1. The highest BCUT2D eigenvalue weighted by atomic mass is 32.3. The molecule has 0 saturated carbocycles. The number of unbranched alkanes of at least 4 members (excludes halogenated alkanes) is 14. The molecule has 0 spiro atoms. The van der Waals surface area contributed by atoms with Gasteiger partial charge >= 0.3 is 16.3 Å². The molecule has 1 unspecified atom stereocenters. The van der Waals surface area contributed by atoms with E-state index < -0.39 is 44.3 Å². The van der Waals surface area contributed by atoms with E-state index in [4.69, 9.17) is 24.5 Å². The third-order valence-corrected chi connectivity index (χ3v) is 20.3. The quantitative estimate of drug-likeness (QED) is 0.0105. The lowest BCUT2D eigenvalue weighted by Crippen LogP contribution is -2.47. The number of hydrogen-bond donors (Lipinski definition) is 4. The van der Waals surface area contributed by atoms with E-state index in [1.165, 1.54) is 34.8 Å².